The molecule has 7 heteroatoms. The normalized spacial score (nSPS) is 14.2. The molecule has 0 aliphatic carbocycles. The molecule has 1 aromatic heterocycles. The van der Waals surface area contributed by atoms with E-state index >= 15 is 0 Å². The maximum absolute atomic E-state index is 12.9. The fraction of sp³-hybridized carbons (Fsp3) is 0.320. The van der Waals surface area contributed by atoms with E-state index in [1.165, 1.54) is 0 Å². The molecule has 0 radical (unpaired) electrons. The van der Waals surface area contributed by atoms with Crippen molar-refractivity contribution in [2.24, 2.45) is 0 Å². The second kappa shape index (κ2) is 9.68. The van der Waals surface area contributed by atoms with Crippen molar-refractivity contribution in [2.75, 3.05) is 20.2 Å². The summed E-state index contributed by atoms with van der Waals surface area (Å²) in [5.74, 6) is 0.671. The Morgan fingerprint density at radius 2 is 1.91 bits per heavy atom. The molecule has 2 aromatic carbocycles. The van der Waals surface area contributed by atoms with Crippen LogP contribution in [-0.2, 0) is 11.2 Å². The average molecular weight is 433 g/mol. The minimum absolute atomic E-state index is 0.0144. The molecular weight excluding hydrogens is 404 g/mol. The predicted octanol–water partition coefficient (Wildman–Crippen LogP) is 3.36. The van der Waals surface area contributed by atoms with Crippen molar-refractivity contribution in [3.8, 4) is 17.0 Å². The van der Waals surface area contributed by atoms with E-state index in [0.29, 0.717) is 25.2 Å². The lowest BCUT2D eigenvalue weighted by molar-refractivity contribution is -0.121. The Hall–Kier alpha value is -3.61. The van der Waals surface area contributed by atoms with Crippen LogP contribution >= 0.6 is 0 Å². The summed E-state index contributed by atoms with van der Waals surface area (Å²) in [5, 5.41) is 10.3. The number of piperidine rings is 1. The number of nitrogens with zero attached hydrogens (tertiary/aromatic N) is 2. The Labute approximate surface area is 187 Å². The molecular formula is C25H28N4O3. The Bertz CT molecular complexity index is 1100. The van der Waals surface area contributed by atoms with Crippen molar-refractivity contribution >= 4 is 11.8 Å². The van der Waals surface area contributed by atoms with Crippen molar-refractivity contribution < 1.29 is 14.3 Å². The molecule has 0 spiro atoms. The third-order valence-corrected chi connectivity index (χ3v) is 5.88. The van der Waals surface area contributed by atoms with Crippen LogP contribution in [0.1, 0.15) is 34.5 Å². The number of methoxy groups -OCH3 is 1. The summed E-state index contributed by atoms with van der Waals surface area (Å²) in [4.78, 5) is 27.2. The van der Waals surface area contributed by atoms with E-state index < -0.39 is 0 Å². The molecule has 3 aromatic rings. The predicted molar refractivity (Wildman–Crippen MR) is 123 cm³/mol. The van der Waals surface area contributed by atoms with E-state index in [1.807, 2.05) is 66.4 Å². The number of carbonyl (C=O) groups excluding carboxylic acids is 2. The van der Waals surface area contributed by atoms with Gasteiger partial charge in [-0.2, -0.15) is 5.10 Å². The number of H-pyrrole nitrogens is 1. The first-order chi connectivity index (χ1) is 15.5. The van der Waals surface area contributed by atoms with Gasteiger partial charge in [0.15, 0.2) is 0 Å². The highest BCUT2D eigenvalue weighted by Crippen LogP contribution is 2.22. The number of aryl methyl sites for hydroxylation is 1. The van der Waals surface area contributed by atoms with Gasteiger partial charge in [0.1, 0.15) is 11.4 Å². The van der Waals surface area contributed by atoms with Crippen LogP contribution in [0.3, 0.4) is 0 Å². The molecule has 2 amide bonds. The highest BCUT2D eigenvalue weighted by Gasteiger charge is 2.26. The third-order valence-electron chi connectivity index (χ3n) is 5.88. The van der Waals surface area contributed by atoms with Gasteiger partial charge >= 0.3 is 0 Å². The molecule has 2 heterocycles. The van der Waals surface area contributed by atoms with Gasteiger partial charge in [-0.1, -0.05) is 36.4 Å². The number of aromatic nitrogens is 2. The van der Waals surface area contributed by atoms with E-state index in [4.69, 9.17) is 4.74 Å². The van der Waals surface area contributed by atoms with Crippen molar-refractivity contribution in [1.82, 2.24) is 20.4 Å². The fourth-order valence-corrected chi connectivity index (χ4v) is 4.07. The molecule has 7 nitrogen and oxygen atoms in total. The van der Waals surface area contributed by atoms with Crippen molar-refractivity contribution in [3.05, 3.63) is 71.4 Å². The van der Waals surface area contributed by atoms with Crippen LogP contribution in [0.15, 0.2) is 54.6 Å². The maximum atomic E-state index is 12.9. The quantitative estimate of drug-likeness (QED) is 0.625. The van der Waals surface area contributed by atoms with E-state index in [9.17, 15) is 9.59 Å². The van der Waals surface area contributed by atoms with Gasteiger partial charge in [-0.05, 0) is 49.1 Å². The molecule has 1 fully saturated rings. The van der Waals surface area contributed by atoms with Crippen LogP contribution in [0, 0.1) is 6.92 Å². The van der Waals surface area contributed by atoms with Crippen LogP contribution < -0.4 is 10.1 Å². The first-order valence-corrected chi connectivity index (χ1v) is 10.9. The standard InChI is InChI=1S/C25H28N4O3/c1-17-6-3-4-9-21(17)22-16-23(28-27-22)25(31)29-12-10-19(11-13-29)26-24(30)15-18-7-5-8-20(14-18)32-2/h3-9,14,16,19H,10-13,15H2,1-2H3,(H,26,30)(H,27,28). The second-order valence-electron chi connectivity index (χ2n) is 8.14. The van der Waals surface area contributed by atoms with Gasteiger partial charge in [-0.15, -0.1) is 0 Å². The van der Waals surface area contributed by atoms with Gasteiger partial charge in [0.2, 0.25) is 5.91 Å². The molecule has 1 aliphatic rings. The highest BCUT2D eigenvalue weighted by atomic mass is 16.5. The number of ether oxygens (including phenoxy) is 1. The number of rotatable bonds is 6. The minimum Gasteiger partial charge on any atom is -0.497 e. The number of hydrogen-bond acceptors (Lipinski definition) is 4. The largest absolute Gasteiger partial charge is 0.497 e. The smallest absolute Gasteiger partial charge is 0.271 e. The SMILES string of the molecule is COc1cccc(CC(=O)NC2CCN(C(=O)c3cc(-c4ccccc4C)n[nH]3)CC2)c1. The van der Waals surface area contributed by atoms with Gasteiger partial charge in [-0.25, -0.2) is 0 Å². The van der Waals surface area contributed by atoms with Gasteiger partial charge < -0.3 is 15.0 Å². The summed E-state index contributed by atoms with van der Waals surface area (Å²) in [5.41, 5.74) is 4.30. The highest BCUT2D eigenvalue weighted by molar-refractivity contribution is 5.93. The number of carbonyl (C=O) groups is 2. The first kappa shape index (κ1) is 21.6. The van der Waals surface area contributed by atoms with Crippen LogP contribution in [0.25, 0.3) is 11.3 Å². The summed E-state index contributed by atoms with van der Waals surface area (Å²) in [6.07, 6.45) is 1.77. The summed E-state index contributed by atoms with van der Waals surface area (Å²) in [6, 6.07) is 17.4. The zero-order valence-electron chi connectivity index (χ0n) is 18.4. The number of benzene rings is 2. The molecule has 1 saturated heterocycles. The Morgan fingerprint density at radius 1 is 1.12 bits per heavy atom. The summed E-state index contributed by atoms with van der Waals surface area (Å²) < 4.78 is 5.21. The van der Waals surface area contributed by atoms with E-state index in [0.717, 1.165) is 41.0 Å². The van der Waals surface area contributed by atoms with Gasteiger partial charge in [-0.3, -0.25) is 14.7 Å². The molecule has 1 aliphatic heterocycles. The molecule has 0 saturated carbocycles. The Balaban J connectivity index is 1.29. The minimum atomic E-state index is -0.0570. The lowest BCUT2D eigenvalue weighted by Gasteiger charge is -2.32. The van der Waals surface area contributed by atoms with E-state index in [2.05, 4.69) is 15.5 Å². The maximum Gasteiger partial charge on any atom is 0.271 e. The molecule has 2 N–H and O–H groups in total. The zero-order valence-corrected chi connectivity index (χ0v) is 18.4. The monoisotopic (exact) mass is 432 g/mol. The Morgan fingerprint density at radius 3 is 2.66 bits per heavy atom. The van der Waals surface area contributed by atoms with Crippen LogP contribution in [0.4, 0.5) is 0 Å². The second-order valence-corrected chi connectivity index (χ2v) is 8.14. The topological polar surface area (TPSA) is 87.3 Å². The van der Waals surface area contributed by atoms with Gasteiger partial charge in [0, 0.05) is 24.7 Å². The first-order valence-electron chi connectivity index (χ1n) is 10.9. The summed E-state index contributed by atoms with van der Waals surface area (Å²) >= 11 is 0. The number of nitrogens with one attached hydrogen (secondary N) is 2. The van der Waals surface area contributed by atoms with Gasteiger partial charge in [0.05, 0.1) is 19.2 Å². The van der Waals surface area contributed by atoms with Crippen molar-refractivity contribution in [1.29, 1.82) is 0 Å². The van der Waals surface area contributed by atoms with Gasteiger partial charge in [0.25, 0.3) is 5.91 Å². The molecule has 166 valence electrons. The van der Waals surface area contributed by atoms with E-state index in [1.54, 1.807) is 7.11 Å². The number of aromatic amines is 1. The summed E-state index contributed by atoms with van der Waals surface area (Å²) in [7, 11) is 1.61. The van der Waals surface area contributed by atoms with Crippen LogP contribution in [-0.4, -0.2) is 53.2 Å². The molecule has 0 bridgehead atoms. The fourth-order valence-electron chi connectivity index (χ4n) is 4.07. The number of likely N-dealkylation sites (tertiary alicyclic amines) is 1. The number of amides is 2. The van der Waals surface area contributed by atoms with Crippen LogP contribution in [0.2, 0.25) is 0 Å². The zero-order chi connectivity index (χ0) is 22.5. The number of hydrogen-bond donors (Lipinski definition) is 2. The van der Waals surface area contributed by atoms with E-state index in [-0.39, 0.29) is 17.9 Å². The van der Waals surface area contributed by atoms with Crippen molar-refractivity contribution in [3.63, 3.8) is 0 Å². The molecule has 32 heavy (non-hydrogen) atoms. The Kier molecular flexibility index (Phi) is 6.54. The third kappa shape index (κ3) is 4.99. The average Bonchev–Trinajstić information content (AvgIpc) is 3.29. The lowest BCUT2D eigenvalue weighted by Crippen LogP contribution is -2.47. The molecule has 0 unspecified atom stereocenters. The lowest BCUT2D eigenvalue weighted by atomic mass is 10.0. The summed E-state index contributed by atoms with van der Waals surface area (Å²) in [6.45, 7) is 3.22. The van der Waals surface area contributed by atoms with Crippen molar-refractivity contribution in [2.45, 2.75) is 32.2 Å². The molecule has 4 rings (SSSR count). The molecule has 0 atom stereocenters. The van der Waals surface area contributed by atoms with Crippen LogP contribution in [0.5, 0.6) is 5.75 Å².